The van der Waals surface area contributed by atoms with Crippen molar-refractivity contribution in [1.82, 2.24) is 0 Å². The van der Waals surface area contributed by atoms with Gasteiger partial charge in [0.25, 0.3) is 0 Å². The van der Waals surface area contributed by atoms with Gasteiger partial charge in [-0.2, -0.15) is 0 Å². The first-order chi connectivity index (χ1) is 7.47. The zero-order valence-corrected chi connectivity index (χ0v) is 9.46. The van der Waals surface area contributed by atoms with Crippen molar-refractivity contribution in [3.8, 4) is 0 Å². The predicted octanol–water partition coefficient (Wildman–Crippen LogP) is 2.88. The van der Waals surface area contributed by atoms with Crippen molar-refractivity contribution in [3.05, 3.63) is 35.4 Å². The smallest absolute Gasteiger partial charge is 0.313 e. The molecule has 4 heteroatoms. The minimum atomic E-state index is -0.777. The van der Waals surface area contributed by atoms with Gasteiger partial charge in [0.05, 0.1) is 13.0 Å². The Balaban J connectivity index is 3.20. The number of halogens is 2. The van der Waals surface area contributed by atoms with Crippen LogP contribution in [0, 0.1) is 17.6 Å². The maximum atomic E-state index is 13.5. The molecule has 1 aromatic carbocycles. The summed E-state index contributed by atoms with van der Waals surface area (Å²) < 4.78 is 31.1. The topological polar surface area (TPSA) is 26.3 Å². The summed E-state index contributed by atoms with van der Waals surface area (Å²) >= 11 is 0. The summed E-state index contributed by atoms with van der Waals surface area (Å²) in [6.07, 6.45) is 0. The van der Waals surface area contributed by atoms with Gasteiger partial charge in [0.1, 0.15) is 11.6 Å². The number of ether oxygens (including phenoxy) is 1. The van der Waals surface area contributed by atoms with Crippen molar-refractivity contribution in [1.29, 1.82) is 0 Å². The fourth-order valence-electron chi connectivity index (χ4n) is 1.64. The highest BCUT2D eigenvalue weighted by atomic mass is 19.1. The molecular weight excluding hydrogens is 214 g/mol. The Bertz CT molecular complexity index is 389. The van der Waals surface area contributed by atoms with Gasteiger partial charge in [-0.1, -0.05) is 13.8 Å². The van der Waals surface area contributed by atoms with Crippen molar-refractivity contribution in [2.45, 2.75) is 19.8 Å². The molecule has 0 aliphatic carbocycles. The van der Waals surface area contributed by atoms with Gasteiger partial charge in [0.2, 0.25) is 0 Å². The number of methoxy groups -OCH3 is 1. The number of rotatable bonds is 3. The summed E-state index contributed by atoms with van der Waals surface area (Å²) in [7, 11) is 1.23. The molecule has 1 unspecified atom stereocenters. The number of hydrogen-bond acceptors (Lipinski definition) is 2. The molecule has 0 heterocycles. The van der Waals surface area contributed by atoms with E-state index in [1.165, 1.54) is 7.11 Å². The van der Waals surface area contributed by atoms with Crippen LogP contribution in [-0.2, 0) is 9.53 Å². The Morgan fingerprint density at radius 1 is 1.31 bits per heavy atom. The van der Waals surface area contributed by atoms with Gasteiger partial charge in [-0.3, -0.25) is 4.79 Å². The molecule has 88 valence electrons. The van der Waals surface area contributed by atoms with Crippen LogP contribution in [0.2, 0.25) is 0 Å². The lowest BCUT2D eigenvalue weighted by molar-refractivity contribution is -0.143. The number of esters is 1. The Hall–Kier alpha value is -1.45. The van der Waals surface area contributed by atoms with Crippen LogP contribution in [0.4, 0.5) is 8.78 Å². The minimum absolute atomic E-state index is 0.0434. The monoisotopic (exact) mass is 228 g/mol. The van der Waals surface area contributed by atoms with Crippen molar-refractivity contribution in [3.63, 3.8) is 0 Å². The Morgan fingerprint density at radius 2 is 1.94 bits per heavy atom. The fourth-order valence-corrected chi connectivity index (χ4v) is 1.64. The van der Waals surface area contributed by atoms with E-state index >= 15 is 0 Å². The molecule has 2 nitrogen and oxygen atoms in total. The summed E-state index contributed by atoms with van der Waals surface area (Å²) in [5, 5.41) is 0. The Kier molecular flexibility index (Phi) is 3.99. The summed E-state index contributed by atoms with van der Waals surface area (Å²) in [6.45, 7) is 3.51. The molecule has 0 aromatic heterocycles. The van der Waals surface area contributed by atoms with Crippen LogP contribution < -0.4 is 0 Å². The van der Waals surface area contributed by atoms with E-state index in [2.05, 4.69) is 4.74 Å². The average Bonchev–Trinajstić information content (AvgIpc) is 2.22. The number of hydrogen-bond donors (Lipinski definition) is 0. The van der Waals surface area contributed by atoms with Crippen LogP contribution in [0.3, 0.4) is 0 Å². The Morgan fingerprint density at radius 3 is 2.44 bits per heavy atom. The third-order valence-electron chi connectivity index (χ3n) is 2.41. The molecule has 1 aromatic rings. The number of carbonyl (C=O) groups excluding carboxylic acids is 1. The highest BCUT2D eigenvalue weighted by molar-refractivity contribution is 5.78. The molecule has 0 N–H and O–H groups in total. The maximum Gasteiger partial charge on any atom is 0.313 e. The van der Waals surface area contributed by atoms with Gasteiger partial charge >= 0.3 is 5.97 Å². The second-order valence-electron chi connectivity index (χ2n) is 3.91. The molecule has 0 fully saturated rings. The van der Waals surface area contributed by atoms with E-state index in [1.807, 2.05) is 0 Å². The SMILES string of the molecule is COC(=O)C(c1cc(F)ccc1F)C(C)C. The predicted molar refractivity (Wildman–Crippen MR) is 56.0 cm³/mol. The summed E-state index contributed by atoms with van der Waals surface area (Å²) in [4.78, 5) is 11.5. The zero-order valence-electron chi connectivity index (χ0n) is 9.46. The second-order valence-corrected chi connectivity index (χ2v) is 3.91. The van der Waals surface area contributed by atoms with Crippen LogP contribution in [0.15, 0.2) is 18.2 Å². The quantitative estimate of drug-likeness (QED) is 0.743. The lowest BCUT2D eigenvalue weighted by Gasteiger charge is -2.19. The molecule has 0 amide bonds. The normalized spacial score (nSPS) is 12.6. The van der Waals surface area contributed by atoms with Gasteiger partial charge in [0.15, 0.2) is 0 Å². The van der Waals surface area contributed by atoms with Crippen molar-refractivity contribution < 1.29 is 18.3 Å². The molecule has 0 saturated carbocycles. The molecule has 16 heavy (non-hydrogen) atoms. The first-order valence-electron chi connectivity index (χ1n) is 5.00. The molecular formula is C12H14F2O2. The molecule has 1 rings (SSSR count). The van der Waals surface area contributed by atoms with Crippen molar-refractivity contribution in [2.24, 2.45) is 5.92 Å². The average molecular weight is 228 g/mol. The van der Waals surface area contributed by atoms with E-state index in [0.717, 1.165) is 18.2 Å². The minimum Gasteiger partial charge on any atom is -0.469 e. The maximum absolute atomic E-state index is 13.5. The summed E-state index contributed by atoms with van der Waals surface area (Å²) in [5.74, 6) is -2.65. The molecule has 1 atom stereocenters. The van der Waals surface area contributed by atoms with Crippen LogP contribution in [0.1, 0.15) is 25.3 Å². The van der Waals surface area contributed by atoms with Gasteiger partial charge in [0, 0.05) is 5.56 Å². The number of benzene rings is 1. The third kappa shape index (κ3) is 2.56. The Labute approximate surface area is 93.2 Å². The van der Waals surface area contributed by atoms with E-state index in [9.17, 15) is 13.6 Å². The molecule has 0 spiro atoms. The lowest BCUT2D eigenvalue weighted by Crippen LogP contribution is -2.21. The van der Waals surface area contributed by atoms with E-state index in [1.54, 1.807) is 13.8 Å². The first-order valence-corrected chi connectivity index (χ1v) is 5.00. The standard InChI is InChI=1S/C12H14F2O2/c1-7(2)11(12(15)16-3)9-6-8(13)4-5-10(9)14/h4-7,11H,1-3H3. The molecule has 0 bridgehead atoms. The van der Waals surface area contributed by atoms with Crippen LogP contribution in [0.25, 0.3) is 0 Å². The van der Waals surface area contributed by atoms with E-state index in [4.69, 9.17) is 0 Å². The van der Waals surface area contributed by atoms with Gasteiger partial charge in [-0.25, -0.2) is 8.78 Å². The van der Waals surface area contributed by atoms with E-state index in [-0.39, 0.29) is 11.5 Å². The number of carbonyl (C=O) groups is 1. The van der Waals surface area contributed by atoms with Gasteiger partial charge in [-0.05, 0) is 24.1 Å². The third-order valence-corrected chi connectivity index (χ3v) is 2.41. The highest BCUT2D eigenvalue weighted by Gasteiger charge is 2.28. The molecule has 0 aliphatic heterocycles. The van der Waals surface area contributed by atoms with Crippen molar-refractivity contribution >= 4 is 5.97 Å². The largest absolute Gasteiger partial charge is 0.469 e. The van der Waals surface area contributed by atoms with E-state index < -0.39 is 23.5 Å². The summed E-state index contributed by atoms with van der Waals surface area (Å²) in [6, 6.07) is 3.08. The fraction of sp³-hybridized carbons (Fsp3) is 0.417. The molecule has 0 saturated heterocycles. The zero-order chi connectivity index (χ0) is 12.3. The summed E-state index contributed by atoms with van der Waals surface area (Å²) in [5.41, 5.74) is 0.0434. The van der Waals surface area contributed by atoms with Gasteiger partial charge < -0.3 is 4.74 Å². The highest BCUT2D eigenvalue weighted by Crippen LogP contribution is 2.28. The van der Waals surface area contributed by atoms with Gasteiger partial charge in [-0.15, -0.1) is 0 Å². The lowest BCUT2D eigenvalue weighted by atomic mass is 9.88. The first kappa shape index (κ1) is 12.6. The van der Waals surface area contributed by atoms with E-state index in [0.29, 0.717) is 0 Å². The molecule has 0 radical (unpaired) electrons. The molecule has 0 aliphatic rings. The van der Waals surface area contributed by atoms with Crippen LogP contribution >= 0.6 is 0 Å². The van der Waals surface area contributed by atoms with Crippen LogP contribution in [0.5, 0.6) is 0 Å². The second kappa shape index (κ2) is 5.05. The van der Waals surface area contributed by atoms with Crippen molar-refractivity contribution in [2.75, 3.05) is 7.11 Å². The van der Waals surface area contributed by atoms with Crippen LogP contribution in [-0.4, -0.2) is 13.1 Å².